The third-order valence-corrected chi connectivity index (χ3v) is 5.47. The number of benzene rings is 1. The molecular weight excluding hydrogens is 400 g/mol. The second kappa shape index (κ2) is 9.45. The molecule has 0 bridgehead atoms. The number of halogens is 2. The van der Waals surface area contributed by atoms with E-state index in [1.54, 1.807) is 30.3 Å². The van der Waals surface area contributed by atoms with Gasteiger partial charge in [-0.15, -0.1) is 0 Å². The van der Waals surface area contributed by atoms with Crippen molar-refractivity contribution in [3.8, 4) is 17.0 Å². The molecule has 0 amide bonds. The molecule has 1 aromatic heterocycles. The summed E-state index contributed by atoms with van der Waals surface area (Å²) in [7, 11) is -3.16. The molecule has 2 heterocycles. The first kappa shape index (κ1) is 21.4. The van der Waals surface area contributed by atoms with Crippen molar-refractivity contribution in [1.82, 2.24) is 4.98 Å². The molecule has 1 fully saturated rings. The summed E-state index contributed by atoms with van der Waals surface area (Å²) in [4.78, 5) is 3.79. The zero-order valence-electron chi connectivity index (χ0n) is 16.1. The summed E-state index contributed by atoms with van der Waals surface area (Å²) in [6.45, 7) is 1.62. The van der Waals surface area contributed by atoms with E-state index in [1.165, 1.54) is 11.7 Å². The van der Waals surface area contributed by atoms with Gasteiger partial charge in [0, 0.05) is 35.8 Å². The first-order valence-corrected chi connectivity index (χ1v) is 11.3. The van der Waals surface area contributed by atoms with Gasteiger partial charge in [-0.2, -0.15) is 0 Å². The summed E-state index contributed by atoms with van der Waals surface area (Å²) in [5.74, 6) is -0.488. The van der Waals surface area contributed by atoms with E-state index in [2.05, 4.69) is 4.98 Å². The second-order valence-corrected chi connectivity index (χ2v) is 9.02. The molecule has 3 rings (SSSR count). The number of nitrogens with zero attached hydrogens (tertiary/aromatic N) is 1. The average molecular weight is 423 g/mol. The predicted octanol–water partition coefficient (Wildman–Crippen LogP) is 4.01. The van der Waals surface area contributed by atoms with Gasteiger partial charge in [0.2, 0.25) is 0 Å². The second-order valence-electron chi connectivity index (χ2n) is 7.09. The normalized spacial score (nSPS) is 20.1. The van der Waals surface area contributed by atoms with Crippen LogP contribution >= 0.6 is 0 Å². The van der Waals surface area contributed by atoms with Gasteiger partial charge in [-0.25, -0.2) is 17.2 Å². The van der Waals surface area contributed by atoms with Crippen molar-refractivity contribution in [2.45, 2.75) is 12.8 Å². The molecule has 2 atom stereocenters. The van der Waals surface area contributed by atoms with Gasteiger partial charge in [0.1, 0.15) is 17.3 Å². The lowest BCUT2D eigenvalue weighted by Gasteiger charge is -2.29. The van der Waals surface area contributed by atoms with Crippen LogP contribution in [-0.4, -0.2) is 39.5 Å². The van der Waals surface area contributed by atoms with Crippen LogP contribution < -0.4 is 4.74 Å². The van der Waals surface area contributed by atoms with E-state index >= 15 is 0 Å². The first-order chi connectivity index (χ1) is 13.8. The van der Waals surface area contributed by atoms with Gasteiger partial charge in [-0.05, 0) is 43.0 Å². The Bertz CT molecular complexity index is 961. The Morgan fingerprint density at radius 3 is 2.72 bits per heavy atom. The summed E-state index contributed by atoms with van der Waals surface area (Å²) in [6.07, 6.45) is 5.46. The van der Waals surface area contributed by atoms with Crippen molar-refractivity contribution < 1.29 is 26.7 Å². The lowest BCUT2D eigenvalue weighted by Crippen LogP contribution is -2.27. The highest BCUT2D eigenvalue weighted by molar-refractivity contribution is 7.93. The average Bonchev–Trinajstić information content (AvgIpc) is 2.67. The highest BCUT2D eigenvalue weighted by atomic mass is 32.2. The number of aromatic nitrogens is 1. The SMILES string of the molecule is CS(=O)(=O)/C=C\C1COCCC1CCOc1ccc(-c2ncc(F)cc2F)cc1. The number of rotatable bonds is 7. The van der Waals surface area contributed by atoms with Crippen LogP contribution in [0.25, 0.3) is 11.3 Å². The van der Waals surface area contributed by atoms with Gasteiger partial charge < -0.3 is 9.47 Å². The minimum Gasteiger partial charge on any atom is -0.494 e. The molecule has 1 aliphatic rings. The molecule has 29 heavy (non-hydrogen) atoms. The molecule has 0 saturated carbocycles. The lowest BCUT2D eigenvalue weighted by atomic mass is 9.86. The van der Waals surface area contributed by atoms with Crippen LogP contribution in [0.1, 0.15) is 12.8 Å². The van der Waals surface area contributed by atoms with Crippen molar-refractivity contribution >= 4 is 9.84 Å². The summed E-state index contributed by atoms with van der Waals surface area (Å²) in [6, 6.07) is 7.57. The van der Waals surface area contributed by atoms with Crippen molar-refractivity contribution in [3.63, 3.8) is 0 Å². The molecule has 8 heteroatoms. The summed E-state index contributed by atoms with van der Waals surface area (Å²) in [5, 5.41) is 1.24. The quantitative estimate of drug-likeness (QED) is 0.673. The Morgan fingerprint density at radius 2 is 2.03 bits per heavy atom. The van der Waals surface area contributed by atoms with Gasteiger partial charge in [0.15, 0.2) is 15.7 Å². The van der Waals surface area contributed by atoms with E-state index in [-0.39, 0.29) is 17.5 Å². The zero-order valence-corrected chi connectivity index (χ0v) is 16.9. The van der Waals surface area contributed by atoms with Crippen molar-refractivity contribution in [2.75, 3.05) is 26.1 Å². The highest BCUT2D eigenvalue weighted by Gasteiger charge is 2.24. The fraction of sp³-hybridized carbons (Fsp3) is 0.381. The standard InChI is InChI=1S/C21H23F2NO4S/c1-29(25,26)11-8-17-14-27-9-6-15(17)7-10-28-19-4-2-16(3-5-19)21-20(23)12-18(22)13-24-21/h2-5,8,11-13,15,17H,6-7,9-10,14H2,1H3/b11-8-. The minimum atomic E-state index is -3.16. The predicted molar refractivity (Wildman–Crippen MR) is 106 cm³/mol. The molecule has 2 unspecified atom stereocenters. The number of sulfone groups is 1. The Labute approximate surface area is 169 Å². The Hall–Kier alpha value is -2.32. The maximum absolute atomic E-state index is 13.8. The first-order valence-electron chi connectivity index (χ1n) is 9.32. The van der Waals surface area contributed by atoms with Crippen molar-refractivity contribution in [2.24, 2.45) is 11.8 Å². The van der Waals surface area contributed by atoms with E-state index < -0.39 is 21.5 Å². The third kappa shape index (κ3) is 6.33. The molecule has 0 radical (unpaired) electrons. The van der Waals surface area contributed by atoms with Gasteiger partial charge in [-0.3, -0.25) is 4.98 Å². The number of hydrogen-bond donors (Lipinski definition) is 0. The molecular formula is C21H23F2NO4S. The van der Waals surface area contributed by atoms with Crippen LogP contribution in [0.2, 0.25) is 0 Å². The maximum atomic E-state index is 13.8. The fourth-order valence-corrected chi connectivity index (χ4v) is 3.77. The third-order valence-electron chi connectivity index (χ3n) is 4.81. The largest absolute Gasteiger partial charge is 0.494 e. The van der Waals surface area contributed by atoms with Gasteiger partial charge in [-0.1, -0.05) is 6.08 Å². The van der Waals surface area contributed by atoms with Gasteiger partial charge in [0.05, 0.1) is 19.4 Å². The molecule has 156 valence electrons. The van der Waals surface area contributed by atoms with Gasteiger partial charge >= 0.3 is 0 Å². The van der Waals surface area contributed by atoms with E-state index in [4.69, 9.17) is 9.47 Å². The van der Waals surface area contributed by atoms with E-state index in [9.17, 15) is 17.2 Å². The molecule has 1 saturated heterocycles. The van der Waals surface area contributed by atoms with E-state index in [1.807, 2.05) is 0 Å². The maximum Gasteiger partial charge on any atom is 0.168 e. The Balaban J connectivity index is 1.56. The van der Waals surface area contributed by atoms with Crippen LogP contribution in [0, 0.1) is 23.5 Å². The zero-order chi connectivity index (χ0) is 20.9. The molecule has 2 aromatic rings. The van der Waals surface area contributed by atoms with Crippen LogP contribution in [-0.2, 0) is 14.6 Å². The molecule has 1 aromatic carbocycles. The fourth-order valence-electron chi connectivity index (χ4n) is 3.28. The summed E-state index contributed by atoms with van der Waals surface area (Å²) in [5.41, 5.74) is 0.617. The van der Waals surface area contributed by atoms with Crippen LogP contribution in [0.4, 0.5) is 8.78 Å². The smallest absolute Gasteiger partial charge is 0.168 e. The van der Waals surface area contributed by atoms with Crippen molar-refractivity contribution in [1.29, 1.82) is 0 Å². The molecule has 1 aliphatic heterocycles. The van der Waals surface area contributed by atoms with Crippen LogP contribution in [0.15, 0.2) is 48.0 Å². The summed E-state index contributed by atoms with van der Waals surface area (Å²) >= 11 is 0. The molecule has 5 nitrogen and oxygen atoms in total. The lowest BCUT2D eigenvalue weighted by molar-refractivity contribution is 0.0284. The Kier molecular flexibility index (Phi) is 6.97. The monoisotopic (exact) mass is 423 g/mol. The molecule has 0 N–H and O–H groups in total. The minimum absolute atomic E-state index is 0.0389. The molecule has 0 aliphatic carbocycles. The summed E-state index contributed by atoms with van der Waals surface area (Å²) < 4.78 is 60.8. The van der Waals surface area contributed by atoms with Crippen molar-refractivity contribution in [3.05, 3.63) is 59.6 Å². The number of hydrogen-bond acceptors (Lipinski definition) is 5. The van der Waals surface area contributed by atoms with Crippen LogP contribution in [0.5, 0.6) is 5.75 Å². The van der Waals surface area contributed by atoms with Crippen LogP contribution in [0.3, 0.4) is 0 Å². The number of pyridine rings is 1. The Morgan fingerprint density at radius 1 is 1.28 bits per heavy atom. The van der Waals surface area contributed by atoms with E-state index in [0.717, 1.165) is 25.1 Å². The molecule has 0 spiro atoms. The number of ether oxygens (including phenoxy) is 2. The highest BCUT2D eigenvalue weighted by Crippen LogP contribution is 2.28. The van der Waals surface area contributed by atoms with E-state index in [0.29, 0.717) is 31.1 Å². The van der Waals surface area contributed by atoms with Gasteiger partial charge in [0.25, 0.3) is 0 Å². The topological polar surface area (TPSA) is 65.5 Å².